The highest BCUT2D eigenvalue weighted by Crippen LogP contribution is 2.43. The number of carbonyl (C=O) groups excluding carboxylic acids is 1. The van der Waals surface area contributed by atoms with Crippen LogP contribution in [0.15, 0.2) is 18.2 Å². The summed E-state index contributed by atoms with van der Waals surface area (Å²) in [5.74, 6) is -0.240. The second-order valence-electron chi connectivity index (χ2n) is 5.78. The normalized spacial score (nSPS) is 20.9. The number of anilines is 1. The van der Waals surface area contributed by atoms with Crippen LogP contribution in [0.25, 0.3) is 0 Å². The van der Waals surface area contributed by atoms with Gasteiger partial charge in [0.25, 0.3) is 0 Å². The molecule has 1 heterocycles. The molecular formula is C15H20FNO2. The molecule has 1 aliphatic rings. The van der Waals surface area contributed by atoms with Crippen LogP contribution in [-0.4, -0.2) is 25.2 Å². The van der Waals surface area contributed by atoms with Gasteiger partial charge in [0.1, 0.15) is 12.4 Å². The standard InChI is InChI=1S/C15H20FNO2/c1-10-8-15(2,3)17(9-14(18)19-4)13-7-11(16)5-6-12(10)13/h5-7,10H,8-9H2,1-4H3/t10-/m1/s1. The molecule has 0 saturated heterocycles. The number of hydrogen-bond acceptors (Lipinski definition) is 3. The van der Waals surface area contributed by atoms with Crippen LogP contribution in [-0.2, 0) is 9.53 Å². The summed E-state index contributed by atoms with van der Waals surface area (Å²) in [6.07, 6.45) is 0.919. The molecule has 19 heavy (non-hydrogen) atoms. The number of halogens is 1. The smallest absolute Gasteiger partial charge is 0.325 e. The Bertz CT molecular complexity index is 499. The van der Waals surface area contributed by atoms with Crippen molar-refractivity contribution in [1.82, 2.24) is 0 Å². The number of esters is 1. The molecule has 1 aromatic carbocycles. The van der Waals surface area contributed by atoms with Gasteiger partial charge in [0.05, 0.1) is 7.11 Å². The first-order valence-electron chi connectivity index (χ1n) is 6.49. The largest absolute Gasteiger partial charge is 0.468 e. The fraction of sp³-hybridized carbons (Fsp3) is 0.533. The Morgan fingerprint density at radius 1 is 1.53 bits per heavy atom. The molecule has 0 radical (unpaired) electrons. The topological polar surface area (TPSA) is 29.5 Å². The lowest BCUT2D eigenvalue weighted by Crippen LogP contribution is -2.50. The second kappa shape index (κ2) is 4.83. The summed E-state index contributed by atoms with van der Waals surface area (Å²) in [5.41, 5.74) is 1.69. The summed E-state index contributed by atoms with van der Waals surface area (Å²) in [7, 11) is 1.37. The zero-order chi connectivity index (χ0) is 14.2. The minimum absolute atomic E-state index is 0.146. The first-order chi connectivity index (χ1) is 8.85. The highest BCUT2D eigenvalue weighted by atomic mass is 19.1. The molecule has 2 rings (SSSR count). The van der Waals surface area contributed by atoms with E-state index >= 15 is 0 Å². The van der Waals surface area contributed by atoms with Crippen LogP contribution >= 0.6 is 0 Å². The molecule has 0 amide bonds. The summed E-state index contributed by atoms with van der Waals surface area (Å²) < 4.78 is 18.3. The van der Waals surface area contributed by atoms with Gasteiger partial charge < -0.3 is 9.64 Å². The van der Waals surface area contributed by atoms with Crippen molar-refractivity contribution in [3.05, 3.63) is 29.6 Å². The fourth-order valence-electron chi connectivity index (χ4n) is 2.96. The van der Waals surface area contributed by atoms with E-state index in [-0.39, 0.29) is 23.9 Å². The van der Waals surface area contributed by atoms with Crippen LogP contribution in [0.4, 0.5) is 10.1 Å². The summed E-state index contributed by atoms with van der Waals surface area (Å²) in [6, 6.07) is 4.80. The van der Waals surface area contributed by atoms with Crippen LogP contribution in [0, 0.1) is 5.82 Å². The predicted octanol–water partition coefficient (Wildman–Crippen LogP) is 3.09. The SMILES string of the molecule is COC(=O)CN1c2cc(F)ccc2[C@H](C)CC1(C)C. The Labute approximate surface area is 113 Å². The van der Waals surface area contributed by atoms with Crippen LogP contribution in [0.5, 0.6) is 0 Å². The number of fused-ring (bicyclic) bond motifs is 1. The van der Waals surface area contributed by atoms with Crippen LogP contribution < -0.4 is 4.90 Å². The van der Waals surface area contributed by atoms with Crippen LogP contribution in [0.3, 0.4) is 0 Å². The van der Waals surface area contributed by atoms with Crippen LogP contribution in [0.2, 0.25) is 0 Å². The Morgan fingerprint density at radius 3 is 2.84 bits per heavy atom. The molecule has 0 unspecified atom stereocenters. The molecule has 0 aliphatic carbocycles. The van der Waals surface area contributed by atoms with E-state index in [1.165, 1.54) is 19.2 Å². The number of methoxy groups -OCH3 is 1. The Kier molecular flexibility index (Phi) is 3.52. The summed E-state index contributed by atoms with van der Waals surface area (Å²) >= 11 is 0. The van der Waals surface area contributed by atoms with E-state index in [0.29, 0.717) is 5.92 Å². The maximum Gasteiger partial charge on any atom is 0.325 e. The molecule has 0 spiro atoms. The average molecular weight is 265 g/mol. The van der Waals surface area contributed by atoms with Crippen molar-refractivity contribution >= 4 is 11.7 Å². The fourth-order valence-corrected chi connectivity index (χ4v) is 2.96. The summed E-state index contributed by atoms with van der Waals surface area (Å²) in [4.78, 5) is 13.5. The van der Waals surface area contributed by atoms with Crippen molar-refractivity contribution in [2.24, 2.45) is 0 Å². The molecule has 0 saturated carbocycles. The van der Waals surface area contributed by atoms with E-state index in [4.69, 9.17) is 4.74 Å². The molecule has 4 heteroatoms. The lowest BCUT2D eigenvalue weighted by Gasteiger charge is -2.46. The van der Waals surface area contributed by atoms with Gasteiger partial charge in [-0.1, -0.05) is 13.0 Å². The van der Waals surface area contributed by atoms with E-state index in [9.17, 15) is 9.18 Å². The minimum atomic E-state index is -0.308. The molecule has 1 atom stereocenters. The number of hydrogen-bond donors (Lipinski definition) is 0. The van der Waals surface area contributed by atoms with Gasteiger partial charge in [-0.2, -0.15) is 0 Å². The minimum Gasteiger partial charge on any atom is -0.468 e. The zero-order valence-corrected chi connectivity index (χ0v) is 11.9. The summed E-state index contributed by atoms with van der Waals surface area (Å²) in [5, 5.41) is 0. The highest BCUT2D eigenvalue weighted by Gasteiger charge is 2.37. The van der Waals surface area contributed by atoms with E-state index in [1.54, 1.807) is 0 Å². The molecule has 1 aromatic rings. The average Bonchev–Trinajstić information content (AvgIpc) is 2.33. The Morgan fingerprint density at radius 2 is 2.21 bits per heavy atom. The van der Waals surface area contributed by atoms with Gasteiger partial charge in [-0.25, -0.2) is 4.39 Å². The number of nitrogens with zero attached hydrogens (tertiary/aromatic N) is 1. The van der Waals surface area contributed by atoms with Gasteiger partial charge >= 0.3 is 5.97 Å². The van der Waals surface area contributed by atoms with Gasteiger partial charge in [0.15, 0.2) is 0 Å². The maximum absolute atomic E-state index is 13.5. The van der Waals surface area contributed by atoms with Crippen LogP contribution in [0.1, 0.15) is 38.7 Å². The van der Waals surface area contributed by atoms with Crippen molar-refractivity contribution in [2.45, 2.75) is 38.6 Å². The van der Waals surface area contributed by atoms with Crippen molar-refractivity contribution < 1.29 is 13.9 Å². The monoisotopic (exact) mass is 265 g/mol. The van der Waals surface area contributed by atoms with E-state index in [2.05, 4.69) is 20.8 Å². The maximum atomic E-state index is 13.5. The molecule has 1 aliphatic heterocycles. The van der Waals surface area contributed by atoms with Crippen molar-refractivity contribution in [3.8, 4) is 0 Å². The number of ether oxygens (including phenoxy) is 1. The number of carbonyl (C=O) groups is 1. The highest BCUT2D eigenvalue weighted by molar-refractivity contribution is 5.77. The van der Waals surface area contributed by atoms with E-state index in [0.717, 1.165) is 17.7 Å². The second-order valence-corrected chi connectivity index (χ2v) is 5.78. The third-order valence-corrected chi connectivity index (χ3v) is 3.87. The Balaban J connectivity index is 2.47. The van der Waals surface area contributed by atoms with Crippen molar-refractivity contribution in [1.29, 1.82) is 0 Å². The molecular weight excluding hydrogens is 245 g/mol. The van der Waals surface area contributed by atoms with Gasteiger partial charge in [0, 0.05) is 11.2 Å². The van der Waals surface area contributed by atoms with E-state index in [1.807, 2.05) is 11.0 Å². The third-order valence-electron chi connectivity index (χ3n) is 3.87. The summed E-state index contributed by atoms with van der Waals surface area (Å²) in [6.45, 7) is 6.42. The molecule has 0 aromatic heterocycles. The molecule has 0 bridgehead atoms. The van der Waals surface area contributed by atoms with Crippen molar-refractivity contribution in [3.63, 3.8) is 0 Å². The number of benzene rings is 1. The molecule has 0 N–H and O–H groups in total. The molecule has 104 valence electrons. The van der Waals surface area contributed by atoms with Gasteiger partial charge in [-0.3, -0.25) is 4.79 Å². The first kappa shape index (κ1) is 13.8. The van der Waals surface area contributed by atoms with Gasteiger partial charge in [-0.15, -0.1) is 0 Å². The van der Waals surface area contributed by atoms with Crippen molar-refractivity contribution in [2.75, 3.05) is 18.6 Å². The number of rotatable bonds is 2. The first-order valence-corrected chi connectivity index (χ1v) is 6.49. The zero-order valence-electron chi connectivity index (χ0n) is 11.9. The Hall–Kier alpha value is -1.58. The lowest BCUT2D eigenvalue weighted by molar-refractivity contribution is -0.139. The third kappa shape index (κ3) is 2.57. The predicted molar refractivity (Wildman–Crippen MR) is 72.9 cm³/mol. The quantitative estimate of drug-likeness (QED) is 0.770. The van der Waals surface area contributed by atoms with Gasteiger partial charge in [0.2, 0.25) is 0 Å². The van der Waals surface area contributed by atoms with E-state index < -0.39 is 0 Å². The molecule has 3 nitrogen and oxygen atoms in total. The molecule has 0 fully saturated rings. The lowest BCUT2D eigenvalue weighted by atomic mass is 9.80. The van der Waals surface area contributed by atoms with Gasteiger partial charge in [-0.05, 0) is 43.9 Å².